The first-order valence-electron chi connectivity index (χ1n) is 6.75. The summed E-state index contributed by atoms with van der Waals surface area (Å²) >= 11 is 0. The van der Waals surface area contributed by atoms with E-state index in [4.69, 9.17) is 0 Å². The fourth-order valence-electron chi connectivity index (χ4n) is 3.20. The van der Waals surface area contributed by atoms with Crippen LogP contribution in [0.25, 0.3) is 0 Å². The van der Waals surface area contributed by atoms with Crippen molar-refractivity contribution < 1.29 is 5.11 Å². The normalized spacial score (nSPS) is 31.4. The Labute approximate surface area is 93.7 Å². The third kappa shape index (κ3) is 3.18. The van der Waals surface area contributed by atoms with Crippen LogP contribution in [-0.2, 0) is 0 Å². The summed E-state index contributed by atoms with van der Waals surface area (Å²) in [5.41, 5.74) is 0. The molecule has 0 aromatic rings. The number of rotatable bonds is 2. The van der Waals surface area contributed by atoms with E-state index in [1.807, 2.05) is 0 Å². The Morgan fingerprint density at radius 3 is 2.33 bits per heavy atom. The predicted molar refractivity (Wildman–Crippen MR) is 62.9 cm³/mol. The molecule has 2 rings (SSSR count). The molecule has 1 aliphatic heterocycles. The minimum atomic E-state index is 0.392. The molecule has 1 N–H and O–H groups in total. The van der Waals surface area contributed by atoms with Gasteiger partial charge in [0, 0.05) is 19.2 Å². The molecule has 1 saturated heterocycles. The van der Waals surface area contributed by atoms with Crippen molar-refractivity contribution in [1.29, 1.82) is 0 Å². The van der Waals surface area contributed by atoms with Crippen molar-refractivity contribution in [3.05, 3.63) is 0 Å². The van der Waals surface area contributed by atoms with Crippen LogP contribution >= 0.6 is 0 Å². The van der Waals surface area contributed by atoms with E-state index in [-0.39, 0.29) is 0 Å². The van der Waals surface area contributed by atoms with Crippen LogP contribution in [0.3, 0.4) is 0 Å². The molecule has 2 fully saturated rings. The van der Waals surface area contributed by atoms with Gasteiger partial charge in [-0.15, -0.1) is 0 Å². The van der Waals surface area contributed by atoms with E-state index in [9.17, 15) is 5.11 Å². The summed E-state index contributed by atoms with van der Waals surface area (Å²) < 4.78 is 0. The van der Waals surface area contributed by atoms with E-state index in [2.05, 4.69) is 4.90 Å². The maximum Gasteiger partial charge on any atom is 0.0471 e. The Morgan fingerprint density at radius 1 is 0.933 bits per heavy atom. The van der Waals surface area contributed by atoms with E-state index >= 15 is 0 Å². The van der Waals surface area contributed by atoms with Gasteiger partial charge in [-0.25, -0.2) is 0 Å². The number of piperidine rings is 1. The molecular weight excluding hydrogens is 186 g/mol. The Kier molecular flexibility index (Phi) is 4.45. The molecule has 0 radical (unpaired) electrons. The first kappa shape index (κ1) is 11.4. The second kappa shape index (κ2) is 5.86. The van der Waals surface area contributed by atoms with Crippen LogP contribution in [0.4, 0.5) is 0 Å². The van der Waals surface area contributed by atoms with Crippen LogP contribution < -0.4 is 0 Å². The number of likely N-dealkylation sites (tertiary alicyclic amines) is 1. The van der Waals surface area contributed by atoms with Gasteiger partial charge in [-0.05, 0) is 38.1 Å². The number of hydrogen-bond acceptors (Lipinski definition) is 2. The van der Waals surface area contributed by atoms with Crippen LogP contribution in [-0.4, -0.2) is 35.7 Å². The largest absolute Gasteiger partial charge is 0.396 e. The Bertz CT molecular complexity index is 175. The fraction of sp³-hybridized carbons (Fsp3) is 1.00. The molecule has 1 heterocycles. The van der Waals surface area contributed by atoms with Crippen molar-refractivity contribution in [2.75, 3.05) is 19.7 Å². The molecule has 1 saturated carbocycles. The zero-order valence-corrected chi connectivity index (χ0v) is 9.83. The molecule has 15 heavy (non-hydrogen) atoms. The topological polar surface area (TPSA) is 23.5 Å². The summed E-state index contributed by atoms with van der Waals surface area (Å²) in [5, 5.41) is 9.24. The maximum atomic E-state index is 9.24. The van der Waals surface area contributed by atoms with Crippen molar-refractivity contribution >= 4 is 0 Å². The highest BCUT2D eigenvalue weighted by molar-refractivity contribution is 4.80. The quantitative estimate of drug-likeness (QED) is 0.709. The molecule has 0 aromatic heterocycles. The van der Waals surface area contributed by atoms with E-state index in [1.54, 1.807) is 0 Å². The lowest BCUT2D eigenvalue weighted by atomic mass is 9.95. The molecule has 2 nitrogen and oxygen atoms in total. The SMILES string of the molecule is OC[C@@H]1CCCN(C2CCCCCC2)C1. The first-order chi connectivity index (χ1) is 7.40. The Hall–Kier alpha value is -0.0800. The van der Waals surface area contributed by atoms with Gasteiger partial charge in [-0.3, -0.25) is 0 Å². The molecule has 2 aliphatic rings. The third-order valence-corrected chi connectivity index (χ3v) is 4.15. The third-order valence-electron chi connectivity index (χ3n) is 4.15. The van der Waals surface area contributed by atoms with Crippen LogP contribution in [0.15, 0.2) is 0 Å². The summed E-state index contributed by atoms with van der Waals surface area (Å²) in [6.45, 7) is 2.82. The lowest BCUT2D eigenvalue weighted by Gasteiger charge is -2.37. The molecule has 0 aromatic carbocycles. The lowest BCUT2D eigenvalue weighted by Crippen LogP contribution is -2.43. The van der Waals surface area contributed by atoms with Crippen LogP contribution in [0.5, 0.6) is 0 Å². The molecule has 0 bridgehead atoms. The Morgan fingerprint density at radius 2 is 1.67 bits per heavy atom. The Balaban J connectivity index is 1.84. The van der Waals surface area contributed by atoms with Gasteiger partial charge < -0.3 is 10.0 Å². The van der Waals surface area contributed by atoms with Gasteiger partial charge in [-0.1, -0.05) is 25.7 Å². The molecule has 0 spiro atoms. The highest BCUT2D eigenvalue weighted by Gasteiger charge is 2.25. The highest BCUT2D eigenvalue weighted by atomic mass is 16.3. The average molecular weight is 211 g/mol. The second-order valence-electron chi connectivity index (χ2n) is 5.33. The summed E-state index contributed by atoms with van der Waals surface area (Å²) in [4.78, 5) is 2.66. The van der Waals surface area contributed by atoms with Crippen molar-refractivity contribution in [2.45, 2.75) is 57.4 Å². The number of aliphatic hydroxyl groups excluding tert-OH is 1. The summed E-state index contributed by atoms with van der Waals surface area (Å²) in [5.74, 6) is 0.557. The monoisotopic (exact) mass is 211 g/mol. The van der Waals surface area contributed by atoms with Gasteiger partial charge in [-0.2, -0.15) is 0 Å². The first-order valence-corrected chi connectivity index (χ1v) is 6.75. The smallest absolute Gasteiger partial charge is 0.0471 e. The number of aliphatic hydroxyl groups is 1. The molecule has 2 heteroatoms. The van der Waals surface area contributed by atoms with Crippen LogP contribution in [0, 0.1) is 5.92 Å². The zero-order valence-electron chi connectivity index (χ0n) is 9.83. The van der Waals surface area contributed by atoms with E-state index in [0.29, 0.717) is 12.5 Å². The minimum Gasteiger partial charge on any atom is -0.396 e. The minimum absolute atomic E-state index is 0.392. The number of nitrogens with zero attached hydrogens (tertiary/aromatic N) is 1. The zero-order chi connectivity index (χ0) is 10.5. The van der Waals surface area contributed by atoms with E-state index in [1.165, 1.54) is 57.9 Å². The van der Waals surface area contributed by atoms with Crippen molar-refractivity contribution in [2.24, 2.45) is 5.92 Å². The average Bonchev–Trinajstić information content (AvgIpc) is 2.58. The standard InChI is InChI=1S/C13H25NO/c15-11-12-6-5-9-14(10-12)13-7-3-1-2-4-8-13/h12-13,15H,1-11H2/t12-/m1/s1. The van der Waals surface area contributed by atoms with Gasteiger partial charge in [0.15, 0.2) is 0 Å². The summed E-state index contributed by atoms with van der Waals surface area (Å²) in [6.07, 6.45) is 11.1. The van der Waals surface area contributed by atoms with Gasteiger partial charge in [0.25, 0.3) is 0 Å². The molecule has 0 amide bonds. The second-order valence-corrected chi connectivity index (χ2v) is 5.33. The molecule has 1 aliphatic carbocycles. The summed E-state index contributed by atoms with van der Waals surface area (Å²) in [6, 6.07) is 0.835. The van der Waals surface area contributed by atoms with Gasteiger partial charge in [0.05, 0.1) is 0 Å². The number of hydrogen-bond donors (Lipinski definition) is 1. The fourth-order valence-corrected chi connectivity index (χ4v) is 3.20. The van der Waals surface area contributed by atoms with Crippen LogP contribution in [0.1, 0.15) is 51.4 Å². The summed E-state index contributed by atoms with van der Waals surface area (Å²) in [7, 11) is 0. The molecule has 1 atom stereocenters. The highest BCUT2D eigenvalue weighted by Crippen LogP contribution is 2.26. The van der Waals surface area contributed by atoms with Gasteiger partial charge in [0.2, 0.25) is 0 Å². The predicted octanol–water partition coefficient (Wildman–Crippen LogP) is 2.41. The van der Waals surface area contributed by atoms with Crippen molar-refractivity contribution in [3.8, 4) is 0 Å². The maximum absolute atomic E-state index is 9.24. The van der Waals surface area contributed by atoms with Crippen molar-refractivity contribution in [3.63, 3.8) is 0 Å². The lowest BCUT2D eigenvalue weighted by molar-refractivity contribution is 0.0815. The molecular formula is C13H25NO. The molecule has 0 unspecified atom stereocenters. The van der Waals surface area contributed by atoms with E-state index < -0.39 is 0 Å². The van der Waals surface area contributed by atoms with Crippen LogP contribution in [0.2, 0.25) is 0 Å². The van der Waals surface area contributed by atoms with E-state index in [0.717, 1.165) is 12.6 Å². The van der Waals surface area contributed by atoms with Gasteiger partial charge >= 0.3 is 0 Å². The van der Waals surface area contributed by atoms with Crippen molar-refractivity contribution in [1.82, 2.24) is 4.90 Å². The van der Waals surface area contributed by atoms with Gasteiger partial charge in [0.1, 0.15) is 0 Å². The molecule has 88 valence electrons.